The van der Waals surface area contributed by atoms with E-state index in [0.717, 1.165) is 60.3 Å². The van der Waals surface area contributed by atoms with Gasteiger partial charge in [-0.1, -0.05) is 12.6 Å². The zero-order valence-electron chi connectivity index (χ0n) is 29.8. The molecule has 2 saturated heterocycles. The Bertz CT molecular complexity index is 2210. The van der Waals surface area contributed by atoms with Crippen LogP contribution in [0.25, 0.3) is 15.7 Å². The molecular weight excluding hydrogens is 727 g/mol. The first-order chi connectivity index (χ1) is 26.5. The number of phenolic OH excluding ortho intramolecular Hbond substituents is 1. The molecule has 0 spiro atoms. The molecule has 7 rings (SSSR count). The van der Waals surface area contributed by atoms with Gasteiger partial charge in [0, 0.05) is 74.1 Å². The number of piperidine rings is 1. The van der Waals surface area contributed by atoms with Gasteiger partial charge in [-0.25, -0.2) is 4.79 Å². The number of benzene rings is 3. The first kappa shape index (κ1) is 37.3. The molecule has 14 nitrogen and oxygen atoms in total. The molecule has 0 saturated carbocycles. The summed E-state index contributed by atoms with van der Waals surface area (Å²) in [6, 6.07) is 16.3. The van der Waals surface area contributed by atoms with Gasteiger partial charge in [-0.15, -0.1) is 11.3 Å². The molecule has 4 heterocycles. The van der Waals surface area contributed by atoms with Gasteiger partial charge in [0.05, 0.1) is 16.0 Å². The van der Waals surface area contributed by atoms with Crippen LogP contribution in [0.1, 0.15) is 38.4 Å². The third-order valence-electron chi connectivity index (χ3n) is 9.74. The number of carbonyl (C=O) groups is 5. The summed E-state index contributed by atoms with van der Waals surface area (Å²) in [5.74, 6) is -1.28. The molecule has 1 unspecified atom stereocenters. The quantitative estimate of drug-likeness (QED) is 0.0801. The second-order valence-electron chi connectivity index (χ2n) is 13.3. The first-order valence-electron chi connectivity index (χ1n) is 17.9. The minimum absolute atomic E-state index is 0.0701. The molecule has 4 N–H and O–H groups in total. The van der Waals surface area contributed by atoms with Crippen molar-refractivity contribution in [3.63, 3.8) is 0 Å². The number of allylic oxidation sites excluding steroid dienone is 2. The van der Waals surface area contributed by atoms with E-state index < -0.39 is 35.6 Å². The van der Waals surface area contributed by atoms with Gasteiger partial charge in [0.25, 0.3) is 11.8 Å². The lowest BCUT2D eigenvalue weighted by Crippen LogP contribution is -2.54. The van der Waals surface area contributed by atoms with Crippen molar-refractivity contribution >= 4 is 62.3 Å². The number of nitrogens with one attached hydrogen (secondary N) is 2. The second-order valence-corrected chi connectivity index (χ2v) is 14.4. The molecular formula is C40H39N5O9S. The number of phenols is 1. The number of hydrogen-bond donors (Lipinski definition) is 4. The van der Waals surface area contributed by atoms with Gasteiger partial charge >= 0.3 is 5.97 Å². The Balaban J connectivity index is 0.859. The topological polar surface area (TPSA) is 178 Å². The molecule has 1 aromatic heterocycles. The minimum atomic E-state index is -1.08. The van der Waals surface area contributed by atoms with Gasteiger partial charge in [-0.3, -0.25) is 39.2 Å². The Morgan fingerprint density at radius 3 is 2.40 bits per heavy atom. The molecule has 1 atom stereocenters. The summed E-state index contributed by atoms with van der Waals surface area (Å²) in [5.41, 5.74) is 1.52. The van der Waals surface area contributed by atoms with Gasteiger partial charge in [0.1, 0.15) is 29.9 Å². The highest BCUT2D eigenvalue weighted by Gasteiger charge is 2.45. The van der Waals surface area contributed by atoms with E-state index in [4.69, 9.17) is 14.6 Å². The smallest absolute Gasteiger partial charge is 0.328 e. The van der Waals surface area contributed by atoms with Crippen molar-refractivity contribution in [1.29, 1.82) is 0 Å². The number of ether oxygens (including phenoxy) is 2. The monoisotopic (exact) mass is 765 g/mol. The Morgan fingerprint density at radius 1 is 0.945 bits per heavy atom. The van der Waals surface area contributed by atoms with Crippen LogP contribution in [0.2, 0.25) is 0 Å². The lowest BCUT2D eigenvalue weighted by Gasteiger charge is -2.34. The highest BCUT2D eigenvalue weighted by Crippen LogP contribution is 2.45. The number of piperazine rings is 1. The standard InChI is InChI=1S/C40H39N5O9S/c1-24(5-14-34(48)49)37-36(28-11-6-25(46)23-32(28)55-37)54-27-9-7-26(8-10-27)53-22-21-44-19-17-43(18-20-44)16-15-41-30-4-2-3-29-35(30)40(52)45(39(29)51)31-12-13-33(47)42-38(31)50/h2-11,14,23,31,41,46H,1,12-13,15-22H2,(H,48,49)(H,42,47,50)/b14-5-. The van der Waals surface area contributed by atoms with Crippen LogP contribution >= 0.6 is 11.3 Å². The Hall–Kier alpha value is -6.03. The van der Waals surface area contributed by atoms with E-state index in [1.807, 2.05) is 12.1 Å². The van der Waals surface area contributed by atoms with Gasteiger partial charge in [-0.05, 0) is 72.7 Å². The molecule has 15 heteroatoms. The van der Waals surface area contributed by atoms with Gasteiger partial charge in [-0.2, -0.15) is 0 Å². The Kier molecular flexibility index (Phi) is 10.9. The Labute approximate surface area is 320 Å². The number of imide groups is 2. The van der Waals surface area contributed by atoms with Crippen LogP contribution in [0.15, 0.2) is 79.4 Å². The normalized spacial score (nSPS) is 17.8. The number of rotatable bonds is 14. The predicted molar refractivity (Wildman–Crippen MR) is 206 cm³/mol. The average molecular weight is 766 g/mol. The summed E-state index contributed by atoms with van der Waals surface area (Å²) in [7, 11) is 0. The van der Waals surface area contributed by atoms with Crippen LogP contribution in [0.4, 0.5) is 5.69 Å². The number of fused-ring (bicyclic) bond motifs is 2. The summed E-state index contributed by atoms with van der Waals surface area (Å²) >= 11 is 1.35. The molecule has 0 radical (unpaired) electrons. The van der Waals surface area contributed by atoms with Crippen molar-refractivity contribution < 1.29 is 43.7 Å². The fraction of sp³-hybridized carbons (Fsp3) is 0.275. The van der Waals surface area contributed by atoms with E-state index in [9.17, 15) is 29.1 Å². The number of thiophene rings is 1. The number of carboxylic acids is 1. The zero-order valence-corrected chi connectivity index (χ0v) is 30.6. The highest BCUT2D eigenvalue weighted by atomic mass is 32.1. The molecule has 284 valence electrons. The van der Waals surface area contributed by atoms with Crippen molar-refractivity contribution in [3.05, 3.63) is 95.4 Å². The van der Waals surface area contributed by atoms with Crippen LogP contribution in [0.5, 0.6) is 23.0 Å². The van der Waals surface area contributed by atoms with E-state index in [0.29, 0.717) is 46.5 Å². The summed E-state index contributed by atoms with van der Waals surface area (Å²) in [6.07, 6.45) is 2.62. The van der Waals surface area contributed by atoms with Crippen LogP contribution in [0.3, 0.4) is 0 Å². The van der Waals surface area contributed by atoms with Crippen molar-refractivity contribution in [2.45, 2.75) is 18.9 Å². The summed E-state index contributed by atoms with van der Waals surface area (Å²) in [6.45, 7) is 10.0. The van der Waals surface area contributed by atoms with E-state index in [1.165, 1.54) is 17.4 Å². The lowest BCUT2D eigenvalue weighted by molar-refractivity contribution is -0.136. The summed E-state index contributed by atoms with van der Waals surface area (Å²) < 4.78 is 13.1. The first-order valence-corrected chi connectivity index (χ1v) is 18.7. The number of aromatic hydroxyl groups is 1. The molecule has 3 aliphatic heterocycles. The number of hydrogen-bond acceptors (Lipinski definition) is 12. The molecule has 55 heavy (non-hydrogen) atoms. The maximum absolute atomic E-state index is 13.4. The summed E-state index contributed by atoms with van der Waals surface area (Å²) in [5, 5.41) is 25.4. The number of anilines is 1. The van der Waals surface area contributed by atoms with Crippen LogP contribution in [0, 0.1) is 0 Å². The Morgan fingerprint density at radius 2 is 1.67 bits per heavy atom. The molecule has 0 aliphatic carbocycles. The molecule has 3 aromatic carbocycles. The van der Waals surface area contributed by atoms with Gasteiger partial charge < -0.3 is 25.0 Å². The van der Waals surface area contributed by atoms with E-state index in [-0.39, 0.29) is 29.7 Å². The van der Waals surface area contributed by atoms with Gasteiger partial charge in [0.2, 0.25) is 11.8 Å². The average Bonchev–Trinajstić information content (AvgIpc) is 3.65. The van der Waals surface area contributed by atoms with E-state index in [2.05, 4.69) is 27.0 Å². The number of nitrogens with zero attached hydrogens (tertiary/aromatic N) is 3. The minimum Gasteiger partial charge on any atom is -0.508 e. The highest BCUT2D eigenvalue weighted by molar-refractivity contribution is 7.20. The molecule has 4 amide bonds. The third-order valence-corrected chi connectivity index (χ3v) is 11.0. The molecule has 3 aliphatic rings. The molecule has 4 aromatic rings. The number of amides is 4. The van der Waals surface area contributed by atoms with Crippen molar-refractivity contribution in [3.8, 4) is 23.0 Å². The van der Waals surface area contributed by atoms with Crippen LogP contribution < -0.4 is 20.1 Å². The molecule has 2 fully saturated rings. The van der Waals surface area contributed by atoms with E-state index >= 15 is 0 Å². The number of aliphatic carboxylic acids is 1. The summed E-state index contributed by atoms with van der Waals surface area (Å²) in [4.78, 5) is 67.9. The fourth-order valence-corrected chi connectivity index (χ4v) is 8.00. The van der Waals surface area contributed by atoms with Crippen LogP contribution in [-0.2, 0) is 14.4 Å². The van der Waals surface area contributed by atoms with Crippen molar-refractivity contribution in [2.24, 2.45) is 0 Å². The van der Waals surface area contributed by atoms with Gasteiger partial charge in [0.15, 0.2) is 5.75 Å². The molecule has 0 bridgehead atoms. The van der Waals surface area contributed by atoms with Crippen molar-refractivity contribution in [2.75, 3.05) is 57.7 Å². The van der Waals surface area contributed by atoms with Crippen molar-refractivity contribution in [1.82, 2.24) is 20.0 Å². The SMILES string of the molecule is C=C(/C=C\C(=O)O)c1sc2cc(O)ccc2c1Oc1ccc(OCCN2CCN(CCNc3cccc4c3C(=O)N(C3CCC(=O)NC3=O)C4=O)CC2)cc1. The predicted octanol–water partition coefficient (Wildman–Crippen LogP) is 4.56. The zero-order chi connectivity index (χ0) is 38.6. The second kappa shape index (κ2) is 16.1. The maximum Gasteiger partial charge on any atom is 0.328 e. The third kappa shape index (κ3) is 8.23. The number of carbonyl (C=O) groups excluding carboxylic acids is 4. The number of carboxylic acid groups (broad SMARTS) is 1. The fourth-order valence-electron chi connectivity index (χ4n) is 6.88. The maximum atomic E-state index is 13.4. The van der Waals surface area contributed by atoms with Crippen LogP contribution in [-0.4, -0.2) is 113 Å². The van der Waals surface area contributed by atoms with E-state index in [1.54, 1.807) is 48.5 Å². The largest absolute Gasteiger partial charge is 0.508 e. The lowest BCUT2D eigenvalue weighted by atomic mass is 10.0.